The molecule has 2 aromatic carbocycles. The molecule has 0 bridgehead atoms. The molecule has 0 fully saturated rings. The molecule has 2 rings (SSSR count). The molecule has 126 valence electrons. The molecule has 0 unspecified atom stereocenters. The third kappa shape index (κ3) is 3.51. The number of benzene rings is 2. The van der Waals surface area contributed by atoms with Gasteiger partial charge in [0, 0.05) is 12.1 Å². The van der Waals surface area contributed by atoms with Gasteiger partial charge in [-0.1, -0.05) is 5.92 Å². The van der Waals surface area contributed by atoms with Crippen LogP contribution in [-0.2, 0) is 6.18 Å². The van der Waals surface area contributed by atoms with E-state index in [1.54, 1.807) is 5.92 Å². The number of nitrogens with zero attached hydrogens (tertiary/aromatic N) is 2. The van der Waals surface area contributed by atoms with Gasteiger partial charge in [0.25, 0.3) is 5.69 Å². The Labute approximate surface area is 138 Å². The van der Waals surface area contributed by atoms with Crippen LogP contribution in [0, 0.1) is 39.6 Å². The summed E-state index contributed by atoms with van der Waals surface area (Å²) < 4.78 is 58.4. The normalized spacial score (nSPS) is 10.6. The minimum Gasteiger partial charge on any atom is -0.457 e. The molecule has 0 aromatic heterocycles. The van der Waals surface area contributed by atoms with Crippen molar-refractivity contribution in [2.24, 2.45) is 0 Å². The van der Waals surface area contributed by atoms with E-state index in [1.807, 2.05) is 0 Å². The molecule has 0 radical (unpaired) electrons. The maximum atomic E-state index is 13.3. The van der Waals surface area contributed by atoms with Crippen molar-refractivity contribution in [2.75, 3.05) is 0 Å². The number of nitro groups is 1. The van der Waals surface area contributed by atoms with Gasteiger partial charge in [0.2, 0.25) is 0 Å². The van der Waals surface area contributed by atoms with Gasteiger partial charge in [-0.15, -0.1) is 6.42 Å². The number of hydrogen-bond acceptors (Lipinski definition) is 4. The Bertz CT molecular complexity index is 940. The second kappa shape index (κ2) is 6.49. The van der Waals surface area contributed by atoms with Gasteiger partial charge in [-0.3, -0.25) is 10.1 Å². The summed E-state index contributed by atoms with van der Waals surface area (Å²) >= 11 is 0. The lowest BCUT2D eigenvalue weighted by molar-refractivity contribution is -0.385. The van der Waals surface area contributed by atoms with E-state index in [2.05, 4.69) is 0 Å². The molecule has 0 aliphatic carbocycles. The van der Waals surface area contributed by atoms with Crippen LogP contribution in [-0.4, -0.2) is 4.92 Å². The number of nitro benzene ring substituents is 1. The van der Waals surface area contributed by atoms with Crippen LogP contribution in [0.2, 0.25) is 0 Å². The van der Waals surface area contributed by atoms with Crippen molar-refractivity contribution in [3.63, 3.8) is 0 Å². The lowest BCUT2D eigenvalue weighted by atomic mass is 10.0. The molecule has 0 heterocycles. The first kappa shape index (κ1) is 17.8. The van der Waals surface area contributed by atoms with E-state index in [0.29, 0.717) is 0 Å². The lowest BCUT2D eigenvalue weighted by Crippen LogP contribution is -2.11. The van der Waals surface area contributed by atoms with Gasteiger partial charge in [0.15, 0.2) is 0 Å². The Morgan fingerprint density at radius 2 is 1.92 bits per heavy atom. The third-order valence-electron chi connectivity index (χ3n) is 3.06. The standard InChI is InChI=1S/C16H6F4N2O3/c1-2-11-13(22(23)24)5-6-14(15(11)16(18,19)20)25-10-3-4-12(17)9(7-10)8-21/h1,3-7H. The predicted octanol–water partition coefficient (Wildman–Crippen LogP) is 4.40. The predicted molar refractivity (Wildman–Crippen MR) is 77.2 cm³/mol. The Morgan fingerprint density at radius 3 is 2.44 bits per heavy atom. The van der Waals surface area contributed by atoms with Crippen LogP contribution in [0.15, 0.2) is 30.3 Å². The van der Waals surface area contributed by atoms with E-state index in [0.717, 1.165) is 30.3 Å². The zero-order valence-corrected chi connectivity index (χ0v) is 12.1. The molecule has 0 spiro atoms. The fourth-order valence-electron chi connectivity index (χ4n) is 2.02. The van der Waals surface area contributed by atoms with Crippen molar-refractivity contribution < 1.29 is 27.2 Å². The van der Waals surface area contributed by atoms with E-state index in [4.69, 9.17) is 16.4 Å². The fraction of sp³-hybridized carbons (Fsp3) is 0.0625. The Morgan fingerprint density at radius 1 is 1.24 bits per heavy atom. The molecule has 0 N–H and O–H groups in total. The van der Waals surface area contributed by atoms with Gasteiger partial charge in [0.1, 0.15) is 34.5 Å². The van der Waals surface area contributed by atoms with Gasteiger partial charge in [-0.25, -0.2) is 4.39 Å². The first-order chi connectivity index (χ1) is 11.7. The summed E-state index contributed by atoms with van der Waals surface area (Å²) in [6.07, 6.45) is -0.0295. The summed E-state index contributed by atoms with van der Waals surface area (Å²) in [6.45, 7) is 0. The average molecular weight is 350 g/mol. The van der Waals surface area contributed by atoms with Gasteiger partial charge in [-0.2, -0.15) is 18.4 Å². The smallest absolute Gasteiger partial charge is 0.421 e. The van der Waals surface area contributed by atoms with Gasteiger partial charge in [-0.05, 0) is 18.2 Å². The van der Waals surface area contributed by atoms with Crippen molar-refractivity contribution in [1.82, 2.24) is 0 Å². The molecule has 5 nitrogen and oxygen atoms in total. The summed E-state index contributed by atoms with van der Waals surface area (Å²) in [5.41, 5.74) is -3.84. The lowest BCUT2D eigenvalue weighted by Gasteiger charge is -2.15. The van der Waals surface area contributed by atoms with Crippen molar-refractivity contribution in [3.8, 4) is 29.9 Å². The number of rotatable bonds is 3. The second-order valence-corrected chi connectivity index (χ2v) is 4.59. The number of hydrogen-bond donors (Lipinski definition) is 0. The third-order valence-corrected chi connectivity index (χ3v) is 3.06. The Balaban J connectivity index is 2.65. The molecule has 25 heavy (non-hydrogen) atoms. The number of nitriles is 1. The molecular formula is C16H6F4N2O3. The van der Waals surface area contributed by atoms with Crippen molar-refractivity contribution in [3.05, 3.63) is 63.0 Å². The molecule has 0 saturated heterocycles. The van der Waals surface area contributed by atoms with Gasteiger partial charge < -0.3 is 4.74 Å². The van der Waals surface area contributed by atoms with E-state index in [-0.39, 0.29) is 5.75 Å². The minimum absolute atomic E-state index is 0.264. The van der Waals surface area contributed by atoms with E-state index in [9.17, 15) is 27.7 Å². The first-order valence-electron chi connectivity index (χ1n) is 6.41. The molecule has 0 atom stereocenters. The molecule has 0 aliphatic heterocycles. The van der Waals surface area contributed by atoms with Crippen LogP contribution in [0.25, 0.3) is 0 Å². The average Bonchev–Trinajstić information content (AvgIpc) is 2.54. The zero-order valence-electron chi connectivity index (χ0n) is 12.1. The zero-order chi connectivity index (χ0) is 18.8. The van der Waals surface area contributed by atoms with Crippen LogP contribution < -0.4 is 4.74 Å². The highest BCUT2D eigenvalue weighted by Gasteiger charge is 2.40. The molecule has 9 heteroatoms. The quantitative estimate of drug-likeness (QED) is 0.356. The largest absolute Gasteiger partial charge is 0.457 e. The number of halogens is 4. The highest BCUT2D eigenvalue weighted by Crippen LogP contribution is 2.43. The monoisotopic (exact) mass is 350 g/mol. The van der Waals surface area contributed by atoms with Crippen LogP contribution in [0.5, 0.6) is 11.5 Å². The molecular weight excluding hydrogens is 344 g/mol. The van der Waals surface area contributed by atoms with E-state index < -0.39 is 45.0 Å². The summed E-state index contributed by atoms with van der Waals surface area (Å²) in [5, 5.41) is 19.6. The van der Waals surface area contributed by atoms with Crippen molar-refractivity contribution in [1.29, 1.82) is 5.26 Å². The highest BCUT2D eigenvalue weighted by molar-refractivity contribution is 5.61. The van der Waals surface area contributed by atoms with E-state index in [1.165, 1.54) is 6.07 Å². The summed E-state index contributed by atoms with van der Waals surface area (Å²) in [6, 6.07) is 5.76. The van der Waals surface area contributed by atoms with Crippen LogP contribution >= 0.6 is 0 Å². The fourth-order valence-corrected chi connectivity index (χ4v) is 2.02. The van der Waals surface area contributed by atoms with Crippen LogP contribution in [0.4, 0.5) is 23.2 Å². The highest BCUT2D eigenvalue weighted by atomic mass is 19.4. The topological polar surface area (TPSA) is 76.2 Å². The van der Waals surface area contributed by atoms with Crippen molar-refractivity contribution >= 4 is 5.69 Å². The van der Waals surface area contributed by atoms with Crippen molar-refractivity contribution in [2.45, 2.75) is 6.18 Å². The van der Waals surface area contributed by atoms with Gasteiger partial charge in [0.05, 0.1) is 10.5 Å². The van der Waals surface area contributed by atoms with Crippen LogP contribution in [0.1, 0.15) is 16.7 Å². The molecule has 2 aromatic rings. The van der Waals surface area contributed by atoms with Gasteiger partial charge >= 0.3 is 6.18 Å². The number of alkyl halides is 3. The van der Waals surface area contributed by atoms with Crippen LogP contribution in [0.3, 0.4) is 0 Å². The first-order valence-corrected chi connectivity index (χ1v) is 6.41. The Kier molecular flexibility index (Phi) is 4.61. The number of terminal acetylenes is 1. The van der Waals surface area contributed by atoms with E-state index >= 15 is 0 Å². The maximum absolute atomic E-state index is 13.3. The summed E-state index contributed by atoms with van der Waals surface area (Å²) in [7, 11) is 0. The Hall–Kier alpha value is -3.59. The molecule has 0 saturated carbocycles. The summed E-state index contributed by atoms with van der Waals surface area (Å²) in [5.74, 6) is -0.288. The molecule has 0 amide bonds. The second-order valence-electron chi connectivity index (χ2n) is 4.59. The maximum Gasteiger partial charge on any atom is 0.421 e. The number of ether oxygens (including phenoxy) is 1. The molecule has 0 aliphatic rings. The SMILES string of the molecule is C#Cc1c([N+](=O)[O-])ccc(Oc2ccc(F)c(C#N)c2)c1C(F)(F)F. The summed E-state index contributed by atoms with van der Waals surface area (Å²) in [4.78, 5) is 9.83. The minimum atomic E-state index is -5.04.